The van der Waals surface area contributed by atoms with Crippen molar-refractivity contribution in [3.8, 4) is 0 Å². The van der Waals surface area contributed by atoms with Gasteiger partial charge >= 0.3 is 6.18 Å². The number of carbonyl (C=O) groups is 1. The third kappa shape index (κ3) is 5.01. The molecular weight excluding hydrogens is 494 g/mol. The van der Waals surface area contributed by atoms with Crippen LogP contribution in [-0.4, -0.2) is 25.5 Å². The van der Waals surface area contributed by atoms with Crippen molar-refractivity contribution < 1.29 is 22.4 Å². The number of benzene rings is 1. The zero-order valence-electron chi connectivity index (χ0n) is 15.5. The Morgan fingerprint density at radius 2 is 2.07 bits per heavy atom. The van der Waals surface area contributed by atoms with Crippen LogP contribution >= 0.6 is 27.5 Å². The SMILES string of the molecule is Cc1c(Br)c(C(F)(F)F)nn1CCC(=O)Nc1cnn(Cc2c(F)cccc2Cl)c1. The number of nitrogens with zero attached hydrogens (tertiary/aromatic N) is 4. The van der Waals surface area contributed by atoms with Gasteiger partial charge in [0.2, 0.25) is 5.91 Å². The molecule has 0 bridgehead atoms. The van der Waals surface area contributed by atoms with E-state index in [1.165, 1.54) is 36.1 Å². The summed E-state index contributed by atoms with van der Waals surface area (Å²) in [4.78, 5) is 12.2. The number of alkyl halides is 3. The second-order valence-electron chi connectivity index (χ2n) is 6.39. The van der Waals surface area contributed by atoms with Gasteiger partial charge in [-0.05, 0) is 35.0 Å². The van der Waals surface area contributed by atoms with Crippen molar-refractivity contribution in [2.24, 2.45) is 0 Å². The lowest BCUT2D eigenvalue weighted by atomic mass is 10.2. The van der Waals surface area contributed by atoms with E-state index in [0.29, 0.717) is 5.69 Å². The van der Waals surface area contributed by atoms with Crippen LogP contribution in [0.25, 0.3) is 0 Å². The van der Waals surface area contributed by atoms with Crippen molar-refractivity contribution in [2.75, 3.05) is 5.32 Å². The monoisotopic (exact) mass is 507 g/mol. The molecule has 0 aliphatic carbocycles. The first kappa shape index (κ1) is 22.3. The molecule has 2 heterocycles. The Hall–Kier alpha value is -2.40. The summed E-state index contributed by atoms with van der Waals surface area (Å²) in [6, 6.07) is 4.34. The molecule has 1 amide bonds. The average Bonchev–Trinajstić information content (AvgIpc) is 3.21. The van der Waals surface area contributed by atoms with Crippen LogP contribution in [0.1, 0.15) is 23.4 Å². The number of carbonyl (C=O) groups excluding carboxylic acids is 1. The van der Waals surface area contributed by atoms with Gasteiger partial charge in [0.15, 0.2) is 5.69 Å². The predicted octanol–water partition coefficient (Wildman–Crippen LogP) is 5.04. The molecule has 0 saturated heterocycles. The standard InChI is InChI=1S/C18H15BrClF4N5O/c1-10-16(19)17(18(22,23)24)27-29(10)6-5-15(30)26-11-7-25-28(8-11)9-12-13(20)3-2-4-14(12)21/h2-4,7-8H,5-6,9H2,1H3,(H,26,30). The van der Waals surface area contributed by atoms with Crippen molar-refractivity contribution in [1.82, 2.24) is 19.6 Å². The Morgan fingerprint density at radius 3 is 2.70 bits per heavy atom. The fourth-order valence-electron chi connectivity index (χ4n) is 2.71. The fourth-order valence-corrected chi connectivity index (χ4v) is 3.45. The highest BCUT2D eigenvalue weighted by Gasteiger charge is 2.37. The summed E-state index contributed by atoms with van der Waals surface area (Å²) in [7, 11) is 0. The van der Waals surface area contributed by atoms with Gasteiger partial charge in [-0.15, -0.1) is 0 Å². The number of amides is 1. The van der Waals surface area contributed by atoms with Crippen molar-refractivity contribution in [2.45, 2.75) is 32.6 Å². The molecule has 0 radical (unpaired) electrons. The van der Waals surface area contributed by atoms with E-state index in [1.54, 1.807) is 6.07 Å². The lowest BCUT2D eigenvalue weighted by Gasteiger charge is -2.06. The molecule has 0 atom stereocenters. The summed E-state index contributed by atoms with van der Waals surface area (Å²) < 4.78 is 55.0. The third-order valence-corrected chi connectivity index (χ3v) is 5.55. The summed E-state index contributed by atoms with van der Waals surface area (Å²) in [6.45, 7) is 1.51. The normalized spacial score (nSPS) is 11.7. The Balaban J connectivity index is 1.60. The zero-order chi connectivity index (χ0) is 22.1. The van der Waals surface area contributed by atoms with Crippen molar-refractivity contribution in [1.29, 1.82) is 0 Å². The number of aryl methyl sites for hydroxylation is 1. The van der Waals surface area contributed by atoms with Gasteiger partial charge in [0.1, 0.15) is 5.82 Å². The molecule has 0 spiro atoms. The lowest BCUT2D eigenvalue weighted by Crippen LogP contribution is -2.16. The van der Waals surface area contributed by atoms with E-state index in [1.807, 2.05) is 0 Å². The number of halogens is 6. The second-order valence-corrected chi connectivity index (χ2v) is 7.59. The molecule has 0 saturated carbocycles. The van der Waals surface area contributed by atoms with Gasteiger partial charge < -0.3 is 5.32 Å². The summed E-state index contributed by atoms with van der Waals surface area (Å²) >= 11 is 8.88. The van der Waals surface area contributed by atoms with E-state index in [4.69, 9.17) is 11.6 Å². The maximum Gasteiger partial charge on any atom is 0.436 e. The van der Waals surface area contributed by atoms with Crippen molar-refractivity contribution in [3.63, 3.8) is 0 Å². The second kappa shape index (κ2) is 8.76. The average molecular weight is 509 g/mol. The van der Waals surface area contributed by atoms with Gasteiger partial charge in [0.25, 0.3) is 0 Å². The molecule has 0 aliphatic rings. The smallest absolute Gasteiger partial charge is 0.323 e. The van der Waals surface area contributed by atoms with E-state index < -0.39 is 23.6 Å². The first-order valence-corrected chi connectivity index (χ1v) is 9.78. The highest BCUT2D eigenvalue weighted by Crippen LogP contribution is 2.35. The first-order valence-electron chi connectivity index (χ1n) is 8.61. The minimum Gasteiger partial charge on any atom is -0.323 e. The maximum absolute atomic E-state index is 13.9. The summed E-state index contributed by atoms with van der Waals surface area (Å²) in [6.07, 6.45) is -1.81. The molecule has 0 aliphatic heterocycles. The topological polar surface area (TPSA) is 64.7 Å². The van der Waals surface area contributed by atoms with Gasteiger partial charge in [-0.3, -0.25) is 14.2 Å². The van der Waals surface area contributed by atoms with E-state index in [-0.39, 0.29) is 40.3 Å². The van der Waals surface area contributed by atoms with Crippen LogP contribution in [0.2, 0.25) is 5.02 Å². The molecule has 0 unspecified atom stereocenters. The summed E-state index contributed by atoms with van der Waals surface area (Å²) in [5.74, 6) is -0.902. The number of rotatable bonds is 6. The van der Waals surface area contributed by atoms with Crippen LogP contribution in [0.3, 0.4) is 0 Å². The van der Waals surface area contributed by atoms with Gasteiger partial charge in [0.05, 0.1) is 35.1 Å². The van der Waals surface area contributed by atoms with E-state index in [9.17, 15) is 22.4 Å². The molecule has 12 heteroatoms. The maximum atomic E-state index is 13.9. The highest BCUT2D eigenvalue weighted by atomic mass is 79.9. The molecule has 30 heavy (non-hydrogen) atoms. The van der Waals surface area contributed by atoms with Crippen molar-refractivity contribution in [3.05, 3.63) is 62.9 Å². The Morgan fingerprint density at radius 1 is 1.33 bits per heavy atom. The number of nitrogens with one attached hydrogen (secondary N) is 1. The van der Waals surface area contributed by atoms with E-state index >= 15 is 0 Å². The molecule has 3 aromatic rings. The molecule has 3 rings (SSSR count). The quantitative estimate of drug-likeness (QED) is 0.475. The van der Waals surface area contributed by atoms with Gasteiger partial charge in [-0.1, -0.05) is 17.7 Å². The first-order chi connectivity index (χ1) is 14.1. The van der Waals surface area contributed by atoms with Gasteiger partial charge in [-0.25, -0.2) is 4.39 Å². The van der Waals surface area contributed by atoms with Gasteiger partial charge in [0, 0.05) is 23.2 Å². The number of hydrogen-bond acceptors (Lipinski definition) is 3. The third-order valence-electron chi connectivity index (χ3n) is 4.25. The predicted molar refractivity (Wildman–Crippen MR) is 106 cm³/mol. The molecule has 1 N–H and O–H groups in total. The largest absolute Gasteiger partial charge is 0.436 e. The van der Waals surface area contributed by atoms with Crippen LogP contribution in [0.5, 0.6) is 0 Å². The van der Waals surface area contributed by atoms with E-state index in [2.05, 4.69) is 31.4 Å². The summed E-state index contributed by atoms with van der Waals surface area (Å²) in [5.41, 5.74) is -0.139. The van der Waals surface area contributed by atoms with Crippen LogP contribution in [-0.2, 0) is 24.1 Å². The molecule has 160 valence electrons. The lowest BCUT2D eigenvalue weighted by molar-refractivity contribution is -0.142. The van der Waals surface area contributed by atoms with Crippen molar-refractivity contribution >= 4 is 39.1 Å². The minimum atomic E-state index is -4.59. The van der Waals surface area contributed by atoms with Gasteiger partial charge in [-0.2, -0.15) is 23.4 Å². The summed E-state index contributed by atoms with van der Waals surface area (Å²) in [5, 5.41) is 10.4. The number of hydrogen-bond donors (Lipinski definition) is 1. The minimum absolute atomic E-state index is 0.0364. The molecule has 6 nitrogen and oxygen atoms in total. The Bertz CT molecular complexity index is 1060. The number of anilines is 1. The fraction of sp³-hybridized carbons (Fsp3) is 0.278. The zero-order valence-corrected chi connectivity index (χ0v) is 17.8. The molecular formula is C18H15BrClF4N5O. The number of aromatic nitrogens is 4. The van der Waals surface area contributed by atoms with Crippen LogP contribution in [0.4, 0.5) is 23.2 Å². The Labute approximate surface area is 181 Å². The highest BCUT2D eigenvalue weighted by molar-refractivity contribution is 9.10. The van der Waals surface area contributed by atoms with E-state index in [0.717, 1.165) is 4.68 Å². The Kier molecular flexibility index (Phi) is 6.51. The molecule has 1 aromatic carbocycles. The molecule has 0 fully saturated rings. The van der Waals surface area contributed by atoms with Crippen LogP contribution in [0.15, 0.2) is 35.1 Å². The van der Waals surface area contributed by atoms with Crippen LogP contribution in [0, 0.1) is 12.7 Å². The molecule has 2 aromatic heterocycles. The van der Waals surface area contributed by atoms with Crippen LogP contribution < -0.4 is 5.32 Å².